The maximum absolute atomic E-state index is 10.4. The van der Waals surface area contributed by atoms with Gasteiger partial charge in [-0.25, -0.2) is 0 Å². The smallest absolute Gasteiger partial charge is 0.0845 e. The SMILES string of the molecule is Cc1cc(Br)cc(C(O)Cc2ccc3ccccc3n2)c1. The van der Waals surface area contributed by atoms with Crippen LogP contribution in [0.4, 0.5) is 0 Å². The number of benzene rings is 2. The van der Waals surface area contributed by atoms with Gasteiger partial charge in [0.15, 0.2) is 0 Å². The average Bonchev–Trinajstić information content (AvgIpc) is 2.46. The fourth-order valence-electron chi connectivity index (χ4n) is 2.49. The summed E-state index contributed by atoms with van der Waals surface area (Å²) >= 11 is 3.47. The van der Waals surface area contributed by atoms with Crippen molar-refractivity contribution in [1.82, 2.24) is 4.98 Å². The summed E-state index contributed by atoms with van der Waals surface area (Å²) in [6.07, 6.45) is -0.0318. The molecule has 0 saturated carbocycles. The van der Waals surface area contributed by atoms with Crippen molar-refractivity contribution in [2.24, 2.45) is 0 Å². The highest BCUT2D eigenvalue weighted by molar-refractivity contribution is 9.10. The molecule has 0 aliphatic carbocycles. The van der Waals surface area contributed by atoms with Crippen LogP contribution in [0.1, 0.15) is 22.9 Å². The van der Waals surface area contributed by atoms with Gasteiger partial charge in [-0.2, -0.15) is 0 Å². The van der Waals surface area contributed by atoms with Gasteiger partial charge in [0.2, 0.25) is 0 Å². The predicted molar refractivity (Wildman–Crippen MR) is 89.3 cm³/mol. The topological polar surface area (TPSA) is 33.1 Å². The van der Waals surface area contributed by atoms with Crippen LogP contribution >= 0.6 is 15.9 Å². The number of aromatic nitrogens is 1. The fourth-order valence-corrected chi connectivity index (χ4v) is 3.12. The number of pyridine rings is 1. The van der Waals surface area contributed by atoms with Crippen molar-refractivity contribution >= 4 is 26.8 Å². The first-order chi connectivity index (χ1) is 10.1. The van der Waals surface area contributed by atoms with E-state index in [-0.39, 0.29) is 0 Å². The molecule has 3 rings (SSSR count). The number of rotatable bonds is 3. The van der Waals surface area contributed by atoms with Crippen LogP contribution < -0.4 is 0 Å². The molecule has 21 heavy (non-hydrogen) atoms. The van der Waals surface area contributed by atoms with E-state index in [1.165, 1.54) is 0 Å². The van der Waals surface area contributed by atoms with Crippen molar-refractivity contribution < 1.29 is 5.11 Å². The third-order valence-corrected chi connectivity index (χ3v) is 3.97. The van der Waals surface area contributed by atoms with Crippen molar-refractivity contribution in [2.45, 2.75) is 19.4 Å². The molecule has 0 amide bonds. The van der Waals surface area contributed by atoms with Gasteiger partial charge in [-0.15, -0.1) is 0 Å². The summed E-state index contributed by atoms with van der Waals surface area (Å²) in [4.78, 5) is 4.61. The van der Waals surface area contributed by atoms with E-state index in [1.54, 1.807) is 0 Å². The zero-order valence-corrected chi connectivity index (χ0v) is 13.3. The molecular weight excluding hydrogens is 326 g/mol. The molecule has 1 heterocycles. The number of aliphatic hydroxyl groups excluding tert-OH is 1. The Morgan fingerprint density at radius 2 is 1.90 bits per heavy atom. The number of hydrogen-bond acceptors (Lipinski definition) is 2. The van der Waals surface area contributed by atoms with Gasteiger partial charge in [-0.1, -0.05) is 46.3 Å². The third kappa shape index (κ3) is 3.31. The Morgan fingerprint density at radius 1 is 1.10 bits per heavy atom. The van der Waals surface area contributed by atoms with Crippen LogP contribution in [-0.4, -0.2) is 10.1 Å². The number of nitrogens with zero attached hydrogens (tertiary/aromatic N) is 1. The molecule has 106 valence electrons. The second-order valence-electron chi connectivity index (χ2n) is 5.28. The number of aryl methyl sites for hydroxylation is 1. The van der Waals surface area contributed by atoms with Gasteiger partial charge in [-0.3, -0.25) is 4.98 Å². The first kappa shape index (κ1) is 14.2. The molecule has 0 bridgehead atoms. The highest BCUT2D eigenvalue weighted by Crippen LogP contribution is 2.23. The van der Waals surface area contributed by atoms with Crippen LogP contribution in [0.2, 0.25) is 0 Å². The minimum atomic E-state index is -0.546. The maximum atomic E-state index is 10.4. The monoisotopic (exact) mass is 341 g/mol. The highest BCUT2D eigenvalue weighted by Gasteiger charge is 2.11. The fraction of sp³-hybridized carbons (Fsp3) is 0.167. The maximum Gasteiger partial charge on any atom is 0.0845 e. The highest BCUT2D eigenvalue weighted by atomic mass is 79.9. The molecule has 0 saturated heterocycles. The molecule has 2 aromatic carbocycles. The average molecular weight is 342 g/mol. The largest absolute Gasteiger partial charge is 0.388 e. The Bertz CT molecular complexity index is 765. The van der Waals surface area contributed by atoms with E-state index in [4.69, 9.17) is 0 Å². The minimum absolute atomic E-state index is 0.515. The van der Waals surface area contributed by atoms with E-state index >= 15 is 0 Å². The summed E-state index contributed by atoms with van der Waals surface area (Å²) in [5.74, 6) is 0. The molecule has 2 nitrogen and oxygen atoms in total. The van der Waals surface area contributed by atoms with Crippen LogP contribution in [-0.2, 0) is 6.42 Å². The summed E-state index contributed by atoms with van der Waals surface area (Å²) in [6.45, 7) is 2.02. The lowest BCUT2D eigenvalue weighted by atomic mass is 10.0. The van der Waals surface area contributed by atoms with Gasteiger partial charge in [0, 0.05) is 22.0 Å². The zero-order valence-electron chi connectivity index (χ0n) is 11.8. The van der Waals surface area contributed by atoms with E-state index in [0.29, 0.717) is 6.42 Å². The second kappa shape index (κ2) is 5.96. The van der Waals surface area contributed by atoms with Crippen molar-refractivity contribution in [3.63, 3.8) is 0 Å². The van der Waals surface area contributed by atoms with Crippen LogP contribution in [0.3, 0.4) is 0 Å². The predicted octanol–water partition coefficient (Wildman–Crippen LogP) is 4.58. The van der Waals surface area contributed by atoms with E-state index in [1.807, 2.05) is 55.5 Å². The normalized spacial score (nSPS) is 12.5. The Hall–Kier alpha value is -1.71. The van der Waals surface area contributed by atoms with Gasteiger partial charge < -0.3 is 5.11 Å². The van der Waals surface area contributed by atoms with Gasteiger partial charge in [-0.05, 0) is 42.3 Å². The third-order valence-electron chi connectivity index (χ3n) is 3.51. The lowest BCUT2D eigenvalue weighted by molar-refractivity contribution is 0.177. The number of hydrogen-bond donors (Lipinski definition) is 1. The standard InChI is InChI=1S/C18H16BrNO/c1-12-8-14(10-15(19)9-12)18(21)11-16-7-6-13-4-2-3-5-17(13)20-16/h2-10,18,21H,11H2,1H3. The van der Waals surface area contributed by atoms with Crippen LogP contribution in [0.25, 0.3) is 10.9 Å². The number of fused-ring (bicyclic) bond motifs is 1. The molecule has 1 aromatic heterocycles. The summed E-state index contributed by atoms with van der Waals surface area (Å²) in [6, 6.07) is 18.1. The minimum Gasteiger partial charge on any atom is -0.388 e. The lowest BCUT2D eigenvalue weighted by Crippen LogP contribution is -2.04. The van der Waals surface area contributed by atoms with Crippen LogP contribution in [0.5, 0.6) is 0 Å². The molecule has 1 unspecified atom stereocenters. The Morgan fingerprint density at radius 3 is 2.71 bits per heavy atom. The van der Waals surface area contributed by atoms with Crippen molar-refractivity contribution in [3.05, 3.63) is 75.9 Å². The molecule has 0 fully saturated rings. The van der Waals surface area contributed by atoms with Crippen molar-refractivity contribution in [1.29, 1.82) is 0 Å². The first-order valence-electron chi connectivity index (χ1n) is 6.91. The quantitative estimate of drug-likeness (QED) is 0.756. The Kier molecular flexibility index (Phi) is 4.04. The first-order valence-corrected chi connectivity index (χ1v) is 7.71. The molecule has 1 N–H and O–H groups in total. The van der Waals surface area contributed by atoms with E-state index in [2.05, 4.69) is 27.0 Å². The van der Waals surface area contributed by atoms with Gasteiger partial charge >= 0.3 is 0 Å². The van der Waals surface area contributed by atoms with Gasteiger partial charge in [0.25, 0.3) is 0 Å². The molecule has 0 radical (unpaired) electrons. The lowest BCUT2D eigenvalue weighted by Gasteiger charge is -2.12. The van der Waals surface area contributed by atoms with E-state index < -0.39 is 6.10 Å². The Balaban J connectivity index is 1.86. The van der Waals surface area contributed by atoms with Gasteiger partial charge in [0.05, 0.1) is 11.6 Å². The van der Waals surface area contributed by atoms with Gasteiger partial charge in [0.1, 0.15) is 0 Å². The molecule has 1 atom stereocenters. The molecule has 3 heteroatoms. The van der Waals surface area contributed by atoms with Crippen LogP contribution in [0.15, 0.2) is 59.1 Å². The molecule has 0 spiro atoms. The zero-order chi connectivity index (χ0) is 14.8. The number of aliphatic hydroxyl groups is 1. The second-order valence-corrected chi connectivity index (χ2v) is 6.19. The molecule has 3 aromatic rings. The van der Waals surface area contributed by atoms with Crippen LogP contribution in [0, 0.1) is 6.92 Å². The molecular formula is C18H16BrNO. The molecule has 0 aliphatic rings. The van der Waals surface area contributed by atoms with E-state index in [9.17, 15) is 5.11 Å². The van der Waals surface area contributed by atoms with Crippen molar-refractivity contribution in [3.8, 4) is 0 Å². The van der Waals surface area contributed by atoms with E-state index in [0.717, 1.165) is 32.2 Å². The summed E-state index contributed by atoms with van der Waals surface area (Å²) in [5, 5.41) is 11.6. The summed E-state index contributed by atoms with van der Waals surface area (Å²) in [5.41, 5.74) is 3.91. The number of para-hydroxylation sites is 1. The van der Waals surface area contributed by atoms with Crippen molar-refractivity contribution in [2.75, 3.05) is 0 Å². The molecule has 0 aliphatic heterocycles. The Labute approximate surface area is 132 Å². The summed E-state index contributed by atoms with van der Waals surface area (Å²) in [7, 11) is 0. The number of halogens is 1. The summed E-state index contributed by atoms with van der Waals surface area (Å²) < 4.78 is 0.989.